The molecule has 0 spiro atoms. The highest BCUT2D eigenvalue weighted by Gasteiger charge is 2.28. The Bertz CT molecular complexity index is 605. The molecule has 24 heavy (non-hydrogen) atoms. The highest BCUT2D eigenvalue weighted by Crippen LogP contribution is 2.15. The predicted octanol–water partition coefficient (Wildman–Crippen LogP) is 1.83. The Morgan fingerprint density at radius 1 is 1.33 bits per heavy atom. The van der Waals surface area contributed by atoms with Crippen LogP contribution in [0, 0.1) is 10.1 Å². The third kappa shape index (κ3) is 5.14. The molecule has 1 heterocycles. The van der Waals surface area contributed by atoms with Crippen LogP contribution in [0.3, 0.4) is 0 Å². The highest BCUT2D eigenvalue weighted by molar-refractivity contribution is 5.91. The van der Waals surface area contributed by atoms with E-state index in [9.17, 15) is 14.9 Å². The maximum Gasteiger partial charge on any atom is 0.269 e. The molecule has 1 amide bonds. The molecule has 0 bridgehead atoms. The number of morpholine rings is 1. The molecule has 1 aromatic rings. The van der Waals surface area contributed by atoms with E-state index in [1.165, 1.54) is 18.2 Å². The molecule has 7 nitrogen and oxygen atoms in total. The van der Waals surface area contributed by atoms with E-state index >= 15 is 0 Å². The Morgan fingerprint density at radius 3 is 2.54 bits per heavy atom. The van der Waals surface area contributed by atoms with Gasteiger partial charge in [-0.05, 0) is 37.6 Å². The van der Waals surface area contributed by atoms with Gasteiger partial charge in [0.15, 0.2) is 0 Å². The molecule has 1 fully saturated rings. The number of non-ortho nitro benzene ring substituents is 1. The first-order valence-corrected chi connectivity index (χ1v) is 7.92. The van der Waals surface area contributed by atoms with Crippen molar-refractivity contribution in [2.45, 2.75) is 19.4 Å². The van der Waals surface area contributed by atoms with Crippen LogP contribution in [0.25, 0.3) is 6.08 Å². The average molecular weight is 333 g/mol. The zero-order valence-electron chi connectivity index (χ0n) is 14.0. The van der Waals surface area contributed by atoms with Crippen molar-refractivity contribution in [1.82, 2.24) is 10.2 Å². The Balaban J connectivity index is 1.84. The number of nitrogens with one attached hydrogen (secondary N) is 1. The number of nitrogens with zero attached hydrogens (tertiary/aromatic N) is 2. The van der Waals surface area contributed by atoms with Crippen LogP contribution in [0.5, 0.6) is 0 Å². The van der Waals surface area contributed by atoms with Crippen LogP contribution in [0.1, 0.15) is 19.4 Å². The van der Waals surface area contributed by atoms with Gasteiger partial charge in [0, 0.05) is 43.4 Å². The molecule has 7 heteroatoms. The SMILES string of the molecule is CC(C)(CNC(=O)/C=C/c1ccc([N+](=O)[O-])cc1)N1CCOCC1. The molecule has 1 saturated heterocycles. The summed E-state index contributed by atoms with van der Waals surface area (Å²) in [6.07, 6.45) is 3.08. The monoisotopic (exact) mass is 333 g/mol. The molecular formula is C17H23N3O4. The lowest BCUT2D eigenvalue weighted by atomic mass is 10.0. The lowest BCUT2D eigenvalue weighted by Gasteiger charge is -2.40. The number of nitro groups is 1. The van der Waals surface area contributed by atoms with Crippen LogP contribution in [0.2, 0.25) is 0 Å². The van der Waals surface area contributed by atoms with E-state index in [0.717, 1.165) is 31.9 Å². The number of rotatable bonds is 6. The van der Waals surface area contributed by atoms with Crippen LogP contribution in [0.4, 0.5) is 5.69 Å². The van der Waals surface area contributed by atoms with Crippen molar-refractivity contribution in [1.29, 1.82) is 0 Å². The fraction of sp³-hybridized carbons (Fsp3) is 0.471. The van der Waals surface area contributed by atoms with Gasteiger partial charge < -0.3 is 10.1 Å². The second kappa shape index (κ2) is 8.03. The standard InChI is InChI=1S/C17H23N3O4/c1-17(2,19-9-11-24-12-10-19)13-18-16(21)8-5-14-3-6-15(7-4-14)20(22)23/h3-8H,9-13H2,1-2H3,(H,18,21)/b8-5+. The number of ether oxygens (including phenoxy) is 1. The molecule has 0 saturated carbocycles. The second-order valence-corrected chi connectivity index (χ2v) is 6.31. The third-order valence-corrected chi connectivity index (χ3v) is 4.09. The molecule has 1 N–H and O–H groups in total. The average Bonchev–Trinajstić information content (AvgIpc) is 2.59. The third-order valence-electron chi connectivity index (χ3n) is 4.09. The lowest BCUT2D eigenvalue weighted by Crippen LogP contribution is -2.55. The Labute approximate surface area is 141 Å². The Hall–Kier alpha value is -2.25. The first-order valence-electron chi connectivity index (χ1n) is 7.92. The van der Waals surface area contributed by atoms with Gasteiger partial charge in [0.1, 0.15) is 0 Å². The lowest BCUT2D eigenvalue weighted by molar-refractivity contribution is -0.384. The molecule has 130 valence electrons. The minimum absolute atomic E-state index is 0.0314. The van der Waals surface area contributed by atoms with Crippen LogP contribution in [-0.2, 0) is 9.53 Å². The summed E-state index contributed by atoms with van der Waals surface area (Å²) >= 11 is 0. The summed E-state index contributed by atoms with van der Waals surface area (Å²) in [6, 6.07) is 6.05. The Morgan fingerprint density at radius 2 is 1.96 bits per heavy atom. The van der Waals surface area contributed by atoms with E-state index in [4.69, 9.17) is 4.74 Å². The van der Waals surface area contributed by atoms with Crippen molar-refractivity contribution >= 4 is 17.7 Å². The number of carbonyl (C=O) groups excluding carboxylic acids is 1. The van der Waals surface area contributed by atoms with Gasteiger partial charge in [-0.25, -0.2) is 0 Å². The van der Waals surface area contributed by atoms with Gasteiger partial charge in [0.25, 0.3) is 5.69 Å². The molecule has 2 rings (SSSR count). The summed E-state index contributed by atoms with van der Waals surface area (Å²) in [6.45, 7) is 7.89. The number of nitro benzene ring substituents is 1. The summed E-state index contributed by atoms with van der Waals surface area (Å²) in [5, 5.41) is 13.5. The first kappa shape index (κ1) is 18.1. The fourth-order valence-corrected chi connectivity index (χ4v) is 2.52. The molecule has 0 unspecified atom stereocenters. The van der Waals surface area contributed by atoms with E-state index in [2.05, 4.69) is 24.1 Å². The van der Waals surface area contributed by atoms with Crippen molar-refractivity contribution in [3.05, 3.63) is 46.0 Å². The number of amides is 1. The normalized spacial score (nSPS) is 16.2. The summed E-state index contributed by atoms with van der Waals surface area (Å²) in [7, 11) is 0. The number of benzene rings is 1. The van der Waals surface area contributed by atoms with E-state index in [1.54, 1.807) is 18.2 Å². The predicted molar refractivity (Wildman–Crippen MR) is 91.6 cm³/mol. The summed E-state index contributed by atoms with van der Waals surface area (Å²) in [5.74, 6) is -0.185. The fourth-order valence-electron chi connectivity index (χ4n) is 2.52. The highest BCUT2D eigenvalue weighted by atomic mass is 16.6. The molecule has 1 aromatic carbocycles. The van der Waals surface area contributed by atoms with Gasteiger partial charge >= 0.3 is 0 Å². The molecule has 0 atom stereocenters. The van der Waals surface area contributed by atoms with Crippen LogP contribution >= 0.6 is 0 Å². The number of carbonyl (C=O) groups is 1. The molecule has 1 aliphatic rings. The number of hydrogen-bond donors (Lipinski definition) is 1. The van der Waals surface area contributed by atoms with Gasteiger partial charge in [0.2, 0.25) is 5.91 Å². The van der Waals surface area contributed by atoms with Gasteiger partial charge in [-0.3, -0.25) is 19.8 Å². The minimum Gasteiger partial charge on any atom is -0.379 e. The zero-order valence-corrected chi connectivity index (χ0v) is 14.0. The van der Waals surface area contributed by atoms with Crippen molar-refractivity contribution < 1.29 is 14.5 Å². The van der Waals surface area contributed by atoms with Crippen molar-refractivity contribution in [3.63, 3.8) is 0 Å². The quantitative estimate of drug-likeness (QED) is 0.488. The topological polar surface area (TPSA) is 84.7 Å². The molecule has 0 radical (unpaired) electrons. The van der Waals surface area contributed by atoms with Gasteiger partial charge in [-0.15, -0.1) is 0 Å². The van der Waals surface area contributed by atoms with E-state index < -0.39 is 4.92 Å². The minimum atomic E-state index is -0.450. The number of hydrogen-bond acceptors (Lipinski definition) is 5. The van der Waals surface area contributed by atoms with Gasteiger partial charge in [0.05, 0.1) is 18.1 Å². The van der Waals surface area contributed by atoms with Crippen molar-refractivity contribution in [3.8, 4) is 0 Å². The zero-order chi connectivity index (χ0) is 17.6. The molecule has 0 aromatic heterocycles. The van der Waals surface area contributed by atoms with E-state index in [-0.39, 0.29) is 17.1 Å². The Kier molecular flexibility index (Phi) is 6.05. The van der Waals surface area contributed by atoms with E-state index in [0.29, 0.717) is 6.54 Å². The summed E-state index contributed by atoms with van der Waals surface area (Å²) < 4.78 is 5.35. The molecular weight excluding hydrogens is 310 g/mol. The first-order chi connectivity index (χ1) is 11.4. The maximum absolute atomic E-state index is 12.0. The van der Waals surface area contributed by atoms with Crippen molar-refractivity contribution in [2.24, 2.45) is 0 Å². The largest absolute Gasteiger partial charge is 0.379 e. The van der Waals surface area contributed by atoms with E-state index in [1.807, 2.05) is 0 Å². The molecule has 1 aliphatic heterocycles. The van der Waals surface area contributed by atoms with Crippen molar-refractivity contribution in [2.75, 3.05) is 32.8 Å². The van der Waals surface area contributed by atoms with Gasteiger partial charge in [-0.2, -0.15) is 0 Å². The maximum atomic E-state index is 12.0. The second-order valence-electron chi connectivity index (χ2n) is 6.31. The summed E-state index contributed by atoms with van der Waals surface area (Å²) in [4.78, 5) is 24.4. The summed E-state index contributed by atoms with van der Waals surface area (Å²) in [5.41, 5.74) is 0.632. The smallest absolute Gasteiger partial charge is 0.269 e. The van der Waals surface area contributed by atoms with Crippen LogP contribution < -0.4 is 5.32 Å². The van der Waals surface area contributed by atoms with Crippen LogP contribution in [0.15, 0.2) is 30.3 Å². The van der Waals surface area contributed by atoms with Gasteiger partial charge in [-0.1, -0.05) is 0 Å². The van der Waals surface area contributed by atoms with Crippen LogP contribution in [-0.4, -0.2) is 54.1 Å². The molecule has 0 aliphatic carbocycles.